The molecule has 0 spiro atoms. The van der Waals surface area contributed by atoms with E-state index in [1.54, 1.807) is 6.07 Å². The topological polar surface area (TPSA) is 94.6 Å². The van der Waals surface area contributed by atoms with Gasteiger partial charge in [-0.1, -0.05) is 44.1 Å². The number of aromatic nitrogens is 1. The zero-order valence-corrected chi connectivity index (χ0v) is 22.1. The molecule has 0 radical (unpaired) electrons. The van der Waals surface area contributed by atoms with E-state index in [0.29, 0.717) is 6.61 Å². The van der Waals surface area contributed by atoms with Gasteiger partial charge < -0.3 is 19.9 Å². The number of allylic oxidation sites excluding steroid dienone is 3. The number of fused-ring (bicyclic) bond motifs is 6. The predicted molar refractivity (Wildman–Crippen MR) is 139 cm³/mol. The number of aliphatic hydroxyl groups excluding tert-OH is 1. The number of hydrogen-bond acceptors (Lipinski definition) is 5. The fraction of sp³-hybridized carbons (Fsp3) is 0.633. The van der Waals surface area contributed by atoms with E-state index < -0.39 is 23.5 Å². The van der Waals surface area contributed by atoms with E-state index in [0.717, 1.165) is 42.5 Å². The molecule has 5 aliphatic rings. The van der Waals surface area contributed by atoms with E-state index in [1.807, 2.05) is 6.07 Å². The Bertz CT molecular complexity index is 1260. The quantitative estimate of drug-likeness (QED) is 0.471. The molecule has 4 aliphatic carbocycles. The Kier molecular flexibility index (Phi) is 5.41. The Morgan fingerprint density at radius 3 is 2.75 bits per heavy atom. The highest BCUT2D eigenvalue weighted by molar-refractivity contribution is 5.50. The van der Waals surface area contributed by atoms with Gasteiger partial charge >= 0.3 is 0 Å². The molecular weight excluding hydrogens is 452 g/mol. The van der Waals surface area contributed by atoms with Gasteiger partial charge in [0.05, 0.1) is 18.2 Å². The van der Waals surface area contributed by atoms with Gasteiger partial charge in [-0.3, -0.25) is 10.1 Å². The summed E-state index contributed by atoms with van der Waals surface area (Å²) in [4.78, 5) is 15.3. The molecule has 194 valence electrons. The molecule has 36 heavy (non-hydrogen) atoms. The maximum absolute atomic E-state index is 12.4. The van der Waals surface area contributed by atoms with Crippen molar-refractivity contribution < 1.29 is 14.9 Å². The van der Waals surface area contributed by atoms with Crippen LogP contribution in [0, 0.1) is 23.2 Å². The minimum Gasteiger partial charge on any atom is -0.393 e. The zero-order valence-electron chi connectivity index (χ0n) is 22.1. The average molecular weight is 493 g/mol. The van der Waals surface area contributed by atoms with Crippen molar-refractivity contribution in [3.05, 3.63) is 68.2 Å². The average Bonchev–Trinajstić information content (AvgIpc) is 3.25. The van der Waals surface area contributed by atoms with E-state index in [2.05, 4.69) is 57.1 Å². The number of aliphatic hydroxyl groups is 2. The van der Waals surface area contributed by atoms with Crippen molar-refractivity contribution in [2.75, 3.05) is 6.61 Å². The minimum atomic E-state index is -1.28. The maximum atomic E-state index is 12.4. The lowest BCUT2D eigenvalue weighted by atomic mass is 9.62. The predicted octanol–water partition coefficient (Wildman–Crippen LogP) is 3.85. The molecule has 4 N–H and O–H groups in total. The van der Waals surface area contributed by atoms with Crippen molar-refractivity contribution in [3.8, 4) is 0 Å². The van der Waals surface area contributed by atoms with Gasteiger partial charge in [0, 0.05) is 24.1 Å². The third-order valence-electron chi connectivity index (χ3n) is 9.88. The summed E-state index contributed by atoms with van der Waals surface area (Å²) >= 11 is 0. The molecule has 1 aromatic heterocycles. The van der Waals surface area contributed by atoms with E-state index >= 15 is 0 Å². The summed E-state index contributed by atoms with van der Waals surface area (Å²) in [5.74, 6) is 0.546. The summed E-state index contributed by atoms with van der Waals surface area (Å²) in [7, 11) is 0. The monoisotopic (exact) mass is 492 g/mol. The number of pyridine rings is 1. The van der Waals surface area contributed by atoms with Crippen LogP contribution in [-0.4, -0.2) is 39.7 Å². The van der Waals surface area contributed by atoms with Gasteiger partial charge in [0.2, 0.25) is 5.56 Å². The summed E-state index contributed by atoms with van der Waals surface area (Å²) in [5, 5.41) is 27.5. The van der Waals surface area contributed by atoms with Gasteiger partial charge in [-0.2, -0.15) is 0 Å². The molecule has 6 nitrogen and oxygen atoms in total. The normalized spacial score (nSPS) is 42.0. The van der Waals surface area contributed by atoms with E-state index in [9.17, 15) is 15.0 Å². The smallest absolute Gasteiger partial charge is 0.248 e. The highest BCUT2D eigenvalue weighted by Crippen LogP contribution is 2.56. The lowest BCUT2D eigenvalue weighted by Gasteiger charge is -2.50. The van der Waals surface area contributed by atoms with E-state index in [1.165, 1.54) is 16.7 Å². The zero-order chi connectivity index (χ0) is 25.6. The van der Waals surface area contributed by atoms with Crippen molar-refractivity contribution in [2.24, 2.45) is 23.2 Å². The van der Waals surface area contributed by atoms with Crippen LogP contribution in [0.5, 0.6) is 0 Å². The number of ether oxygens (including phenoxy) is 1. The van der Waals surface area contributed by atoms with Crippen molar-refractivity contribution in [1.29, 1.82) is 0 Å². The Balaban J connectivity index is 1.47. The largest absolute Gasteiger partial charge is 0.393 e. The third-order valence-corrected chi connectivity index (χ3v) is 9.88. The summed E-state index contributed by atoms with van der Waals surface area (Å²) < 4.78 is 6.43. The summed E-state index contributed by atoms with van der Waals surface area (Å²) in [6.07, 6.45) is 6.93. The number of rotatable bonds is 2. The number of H-pyrrole nitrogens is 1. The van der Waals surface area contributed by atoms with Crippen LogP contribution in [0.1, 0.15) is 71.6 Å². The molecular formula is C30H40N2O4. The molecule has 1 saturated heterocycles. The van der Waals surface area contributed by atoms with Crippen molar-refractivity contribution in [3.63, 3.8) is 0 Å². The fourth-order valence-corrected chi connectivity index (χ4v) is 8.34. The van der Waals surface area contributed by atoms with Crippen LogP contribution in [0.3, 0.4) is 0 Å². The number of aromatic amines is 1. The second kappa shape index (κ2) is 8.00. The van der Waals surface area contributed by atoms with E-state index in [-0.39, 0.29) is 35.1 Å². The molecule has 1 saturated carbocycles. The van der Waals surface area contributed by atoms with Crippen LogP contribution >= 0.6 is 0 Å². The first-order valence-electron chi connectivity index (χ1n) is 13.6. The van der Waals surface area contributed by atoms with E-state index in [4.69, 9.17) is 4.74 Å². The molecule has 2 heterocycles. The minimum absolute atomic E-state index is 0.0925. The van der Waals surface area contributed by atoms with Crippen LogP contribution in [0.4, 0.5) is 0 Å². The van der Waals surface area contributed by atoms with Gasteiger partial charge in [-0.25, -0.2) is 0 Å². The van der Waals surface area contributed by atoms with Crippen LogP contribution in [0.25, 0.3) is 0 Å². The first-order valence-corrected chi connectivity index (χ1v) is 13.6. The molecule has 0 amide bonds. The van der Waals surface area contributed by atoms with Gasteiger partial charge in [0.1, 0.15) is 11.8 Å². The van der Waals surface area contributed by atoms with Crippen molar-refractivity contribution in [2.45, 2.75) is 90.2 Å². The van der Waals surface area contributed by atoms with Crippen LogP contribution in [-0.2, 0) is 16.7 Å². The van der Waals surface area contributed by atoms with Crippen LogP contribution in [0.2, 0.25) is 0 Å². The summed E-state index contributed by atoms with van der Waals surface area (Å²) in [6.45, 7) is 11.3. The lowest BCUT2D eigenvalue weighted by molar-refractivity contribution is -0.0869. The van der Waals surface area contributed by atoms with Gasteiger partial charge in [0.15, 0.2) is 0 Å². The molecule has 2 bridgehead atoms. The third kappa shape index (κ3) is 3.41. The molecule has 7 atom stereocenters. The van der Waals surface area contributed by atoms with Gasteiger partial charge in [-0.05, 0) is 79.6 Å². The lowest BCUT2D eigenvalue weighted by Crippen LogP contribution is -2.61. The number of hydrogen-bond donors (Lipinski definition) is 4. The molecule has 1 aliphatic heterocycles. The molecule has 1 aromatic rings. The molecule has 6 heteroatoms. The highest BCUT2D eigenvalue weighted by Gasteiger charge is 2.58. The summed E-state index contributed by atoms with van der Waals surface area (Å²) in [6, 6.07) is 3.54. The molecule has 6 rings (SSSR count). The summed E-state index contributed by atoms with van der Waals surface area (Å²) in [5.41, 5.74) is 5.00. The SMILES string of the molecule is C/C=C1\[C@H]2C=C(C)C[C@]1(NC1OCC3=C4CC(C)(C)C[C@H]4[C@@H](C)[C@H](O)CC31O)c1ccc(=O)[nH]c1C2. The van der Waals surface area contributed by atoms with Gasteiger partial charge in [-0.15, -0.1) is 0 Å². The fourth-order valence-electron chi connectivity index (χ4n) is 8.34. The Labute approximate surface area is 213 Å². The van der Waals surface area contributed by atoms with Gasteiger partial charge in [0.25, 0.3) is 0 Å². The molecule has 2 fully saturated rings. The first kappa shape index (κ1) is 24.4. The Morgan fingerprint density at radius 1 is 1.22 bits per heavy atom. The second-order valence-corrected chi connectivity index (χ2v) is 12.9. The van der Waals surface area contributed by atoms with Crippen LogP contribution in [0.15, 0.2) is 51.4 Å². The molecule has 2 unspecified atom stereocenters. The Hall–Kier alpha value is -1.99. The number of nitrogens with one attached hydrogen (secondary N) is 2. The van der Waals surface area contributed by atoms with Crippen LogP contribution < -0.4 is 10.9 Å². The standard InChI is InChI=1S/C30H40N2O4/c1-6-21-18-9-16(2)11-29(21,22-7-8-26(34)31-24(22)10-18)32-27-30(35)14-25(33)17(3)19-12-28(4,5)13-20(19)23(30)15-36-27/h6-9,17-19,25,27,32-33,35H,10-15H2,1-5H3,(H,31,34)/b21-6+/t17-,18+,19+,25-,27?,29-,30?/m1/s1. The highest BCUT2D eigenvalue weighted by atomic mass is 16.5. The Morgan fingerprint density at radius 2 is 2.00 bits per heavy atom. The maximum Gasteiger partial charge on any atom is 0.248 e. The second-order valence-electron chi connectivity index (χ2n) is 12.9. The van der Waals surface area contributed by atoms with Crippen molar-refractivity contribution >= 4 is 0 Å². The van der Waals surface area contributed by atoms with Crippen molar-refractivity contribution in [1.82, 2.24) is 10.3 Å². The molecule has 0 aromatic carbocycles. The first-order chi connectivity index (χ1) is 17.0.